The summed E-state index contributed by atoms with van der Waals surface area (Å²) in [6.45, 7) is 0. The van der Waals surface area contributed by atoms with Crippen LogP contribution in [-0.4, -0.2) is 11.8 Å². The molecule has 0 spiro atoms. The van der Waals surface area contributed by atoms with Gasteiger partial charge in [0.1, 0.15) is 11.5 Å². The Hall–Kier alpha value is -2.59. The maximum atomic E-state index is 12.4. The largest absolute Gasteiger partial charge is 0.452 e. The molecule has 0 bridgehead atoms. The Bertz CT molecular complexity index is 863. The Morgan fingerprint density at radius 1 is 1.17 bits per heavy atom. The fraction of sp³-hybridized carbons (Fsp3) is 0.158. The number of benzene rings is 2. The van der Waals surface area contributed by atoms with Crippen LogP contribution in [-0.2, 0) is 4.79 Å². The van der Waals surface area contributed by atoms with Gasteiger partial charge in [-0.2, -0.15) is 0 Å². The zero-order valence-electron chi connectivity index (χ0n) is 12.6. The van der Waals surface area contributed by atoms with Crippen molar-refractivity contribution >= 4 is 29.4 Å². The lowest BCUT2D eigenvalue weighted by molar-refractivity contribution is -0.135. The SMILES string of the molecule is O=C1/C(=C/c2ccc(Cl)cc2)Oc2cc(OC(=O)C3CC3)ccc21. The number of ketones is 1. The molecule has 5 heteroatoms. The molecule has 0 saturated heterocycles. The van der Waals surface area contributed by atoms with Gasteiger partial charge in [0.2, 0.25) is 5.78 Å². The molecule has 120 valence electrons. The van der Waals surface area contributed by atoms with E-state index in [4.69, 9.17) is 21.1 Å². The topological polar surface area (TPSA) is 52.6 Å². The van der Waals surface area contributed by atoms with Gasteiger partial charge in [-0.3, -0.25) is 9.59 Å². The van der Waals surface area contributed by atoms with E-state index in [1.165, 1.54) is 0 Å². The molecule has 1 heterocycles. The summed E-state index contributed by atoms with van der Waals surface area (Å²) in [7, 11) is 0. The second-order valence-corrected chi connectivity index (χ2v) is 6.28. The molecular formula is C19H13ClO4. The highest BCUT2D eigenvalue weighted by atomic mass is 35.5. The van der Waals surface area contributed by atoms with Gasteiger partial charge in [0, 0.05) is 11.1 Å². The maximum absolute atomic E-state index is 12.4. The highest BCUT2D eigenvalue weighted by molar-refractivity contribution is 6.30. The van der Waals surface area contributed by atoms with E-state index < -0.39 is 0 Å². The third kappa shape index (κ3) is 2.93. The number of carbonyl (C=O) groups excluding carboxylic acids is 2. The lowest BCUT2D eigenvalue weighted by Gasteiger charge is -2.04. The average molecular weight is 341 g/mol. The van der Waals surface area contributed by atoms with Crippen LogP contribution < -0.4 is 9.47 Å². The van der Waals surface area contributed by atoms with Crippen molar-refractivity contribution in [2.24, 2.45) is 5.92 Å². The molecule has 0 atom stereocenters. The quantitative estimate of drug-likeness (QED) is 0.475. The van der Waals surface area contributed by atoms with Crippen molar-refractivity contribution in [3.63, 3.8) is 0 Å². The van der Waals surface area contributed by atoms with Gasteiger partial charge in [-0.15, -0.1) is 0 Å². The molecule has 1 saturated carbocycles. The van der Waals surface area contributed by atoms with Gasteiger partial charge >= 0.3 is 5.97 Å². The Morgan fingerprint density at radius 3 is 2.62 bits per heavy atom. The van der Waals surface area contributed by atoms with Crippen molar-refractivity contribution in [1.29, 1.82) is 0 Å². The Labute approximate surface area is 143 Å². The summed E-state index contributed by atoms with van der Waals surface area (Å²) in [5.74, 6) is 0.628. The van der Waals surface area contributed by atoms with Crippen molar-refractivity contribution in [3.8, 4) is 11.5 Å². The molecule has 2 aromatic rings. The van der Waals surface area contributed by atoms with E-state index in [1.54, 1.807) is 48.5 Å². The summed E-state index contributed by atoms with van der Waals surface area (Å²) in [6, 6.07) is 11.9. The van der Waals surface area contributed by atoms with Crippen LogP contribution in [0.15, 0.2) is 48.2 Å². The van der Waals surface area contributed by atoms with E-state index in [-0.39, 0.29) is 23.4 Å². The van der Waals surface area contributed by atoms with Gasteiger partial charge in [-0.25, -0.2) is 0 Å². The third-order valence-electron chi connectivity index (χ3n) is 3.94. The van der Waals surface area contributed by atoms with Crippen LogP contribution in [0, 0.1) is 5.92 Å². The summed E-state index contributed by atoms with van der Waals surface area (Å²) < 4.78 is 10.9. The number of allylic oxidation sites excluding steroid dienone is 1. The molecule has 0 aromatic heterocycles. The van der Waals surface area contributed by atoms with Gasteiger partial charge in [0.25, 0.3) is 0 Å². The molecule has 0 radical (unpaired) electrons. The summed E-state index contributed by atoms with van der Waals surface area (Å²) in [4.78, 5) is 24.1. The van der Waals surface area contributed by atoms with Gasteiger partial charge in [-0.05, 0) is 48.7 Å². The number of rotatable bonds is 3. The van der Waals surface area contributed by atoms with E-state index in [0.717, 1.165) is 18.4 Å². The van der Waals surface area contributed by atoms with Crippen molar-refractivity contribution in [2.45, 2.75) is 12.8 Å². The average Bonchev–Trinajstić information content (AvgIpc) is 3.37. The van der Waals surface area contributed by atoms with Crippen molar-refractivity contribution in [2.75, 3.05) is 0 Å². The van der Waals surface area contributed by atoms with E-state index in [9.17, 15) is 9.59 Å². The number of hydrogen-bond acceptors (Lipinski definition) is 4. The first-order valence-electron chi connectivity index (χ1n) is 7.66. The molecule has 1 fully saturated rings. The molecule has 2 aliphatic rings. The minimum absolute atomic E-state index is 0.0150. The molecule has 0 N–H and O–H groups in total. The summed E-state index contributed by atoms with van der Waals surface area (Å²) in [6.07, 6.45) is 3.42. The van der Waals surface area contributed by atoms with Gasteiger partial charge < -0.3 is 9.47 Å². The lowest BCUT2D eigenvalue weighted by atomic mass is 10.1. The molecule has 24 heavy (non-hydrogen) atoms. The second kappa shape index (κ2) is 5.80. The highest BCUT2D eigenvalue weighted by Gasteiger charge is 2.32. The lowest BCUT2D eigenvalue weighted by Crippen LogP contribution is -2.09. The van der Waals surface area contributed by atoms with E-state index in [1.807, 2.05) is 0 Å². The van der Waals surface area contributed by atoms with Gasteiger partial charge in [-0.1, -0.05) is 23.7 Å². The molecule has 1 aliphatic heterocycles. The Kier molecular flexibility index (Phi) is 3.62. The van der Waals surface area contributed by atoms with Crippen LogP contribution in [0.2, 0.25) is 5.02 Å². The summed E-state index contributed by atoms with van der Waals surface area (Å²) >= 11 is 5.86. The first-order valence-corrected chi connectivity index (χ1v) is 8.03. The summed E-state index contributed by atoms with van der Waals surface area (Å²) in [5, 5.41) is 0.626. The van der Waals surface area contributed by atoms with Crippen LogP contribution in [0.5, 0.6) is 11.5 Å². The number of carbonyl (C=O) groups is 2. The van der Waals surface area contributed by atoms with Crippen molar-refractivity contribution in [3.05, 3.63) is 64.4 Å². The number of halogens is 1. The monoisotopic (exact) mass is 340 g/mol. The van der Waals surface area contributed by atoms with Crippen LogP contribution in [0.4, 0.5) is 0 Å². The molecule has 0 unspecified atom stereocenters. The number of Topliss-reactive ketones (excluding diaryl/α,β-unsaturated/α-hetero) is 1. The van der Waals surface area contributed by atoms with Crippen molar-refractivity contribution in [1.82, 2.24) is 0 Å². The normalized spacial score (nSPS) is 17.5. The van der Waals surface area contributed by atoms with Crippen LogP contribution in [0.25, 0.3) is 6.08 Å². The van der Waals surface area contributed by atoms with Gasteiger partial charge in [0.15, 0.2) is 5.76 Å². The number of ether oxygens (including phenoxy) is 2. The third-order valence-corrected chi connectivity index (χ3v) is 4.19. The smallest absolute Gasteiger partial charge is 0.314 e. The minimum Gasteiger partial charge on any atom is -0.452 e. The first-order chi connectivity index (χ1) is 11.6. The van der Waals surface area contributed by atoms with Crippen LogP contribution >= 0.6 is 11.6 Å². The van der Waals surface area contributed by atoms with E-state index >= 15 is 0 Å². The van der Waals surface area contributed by atoms with Crippen LogP contribution in [0.3, 0.4) is 0 Å². The Balaban J connectivity index is 1.57. The fourth-order valence-electron chi connectivity index (χ4n) is 2.46. The van der Waals surface area contributed by atoms with Crippen molar-refractivity contribution < 1.29 is 19.1 Å². The maximum Gasteiger partial charge on any atom is 0.314 e. The summed E-state index contributed by atoms with van der Waals surface area (Å²) in [5.41, 5.74) is 1.28. The second-order valence-electron chi connectivity index (χ2n) is 5.84. The molecular weight excluding hydrogens is 328 g/mol. The predicted octanol–water partition coefficient (Wildman–Crippen LogP) is 4.27. The minimum atomic E-state index is -0.226. The molecule has 1 aliphatic carbocycles. The number of fused-ring (bicyclic) bond motifs is 1. The molecule has 4 rings (SSSR count). The predicted molar refractivity (Wildman–Crippen MR) is 89.2 cm³/mol. The number of hydrogen-bond donors (Lipinski definition) is 0. The van der Waals surface area contributed by atoms with E-state index in [0.29, 0.717) is 22.1 Å². The zero-order valence-corrected chi connectivity index (χ0v) is 13.4. The molecule has 2 aromatic carbocycles. The fourth-order valence-corrected chi connectivity index (χ4v) is 2.59. The zero-order chi connectivity index (χ0) is 16.7. The number of esters is 1. The Morgan fingerprint density at radius 2 is 1.92 bits per heavy atom. The van der Waals surface area contributed by atoms with Gasteiger partial charge in [0.05, 0.1) is 11.5 Å². The highest BCUT2D eigenvalue weighted by Crippen LogP contribution is 2.36. The first kappa shape index (κ1) is 15.0. The van der Waals surface area contributed by atoms with E-state index in [2.05, 4.69) is 0 Å². The van der Waals surface area contributed by atoms with Crippen LogP contribution in [0.1, 0.15) is 28.8 Å². The molecule has 0 amide bonds. The molecule has 4 nitrogen and oxygen atoms in total. The standard InChI is InChI=1S/C19H13ClO4/c20-13-5-1-11(2-6-13)9-17-18(21)15-8-7-14(10-16(15)24-17)23-19(22)12-3-4-12/h1-2,5-10,12H,3-4H2/b17-9-.